The molecular formula is C24H36Si3. The Morgan fingerprint density at radius 2 is 0.815 bits per heavy atom. The summed E-state index contributed by atoms with van der Waals surface area (Å²) in [6.07, 6.45) is 0. The van der Waals surface area contributed by atoms with Gasteiger partial charge in [0.05, 0.1) is 16.1 Å². The molecule has 0 nitrogen and oxygen atoms in total. The largest absolute Gasteiger partial charge is 0.111 e. The van der Waals surface area contributed by atoms with Crippen molar-refractivity contribution in [1.82, 2.24) is 0 Å². The Kier molecular flexibility index (Phi) is 6.72. The van der Waals surface area contributed by atoms with Crippen LogP contribution in [0.1, 0.15) is 11.1 Å². The molecule has 0 saturated heterocycles. The van der Waals surface area contributed by atoms with Gasteiger partial charge < -0.3 is 0 Å². The van der Waals surface area contributed by atoms with E-state index < -0.39 is 24.2 Å². The molecule has 2 rings (SSSR count). The molecule has 3 heteroatoms. The zero-order chi connectivity index (χ0) is 20.3. The van der Waals surface area contributed by atoms with Gasteiger partial charge in [0.2, 0.25) is 0 Å². The summed E-state index contributed by atoms with van der Waals surface area (Å²) >= 11 is 0. The van der Waals surface area contributed by atoms with E-state index in [0.29, 0.717) is 0 Å². The minimum atomic E-state index is -1.87. The van der Waals surface area contributed by atoms with Crippen LogP contribution in [0, 0.1) is 0 Å². The first-order valence-electron chi connectivity index (χ1n) is 9.98. The van der Waals surface area contributed by atoms with E-state index in [-0.39, 0.29) is 0 Å². The van der Waals surface area contributed by atoms with Crippen LogP contribution in [-0.4, -0.2) is 24.2 Å². The van der Waals surface area contributed by atoms with Crippen LogP contribution in [0.5, 0.6) is 0 Å². The van der Waals surface area contributed by atoms with E-state index in [1.807, 2.05) is 0 Å². The summed E-state index contributed by atoms with van der Waals surface area (Å²) in [7, 11) is -4.59. The number of hydrogen-bond donors (Lipinski definition) is 0. The minimum Gasteiger partial charge on any atom is -0.0947 e. The van der Waals surface area contributed by atoms with Gasteiger partial charge in [-0.15, -0.1) is 0 Å². The van der Waals surface area contributed by atoms with Crippen molar-refractivity contribution in [2.45, 2.75) is 52.4 Å². The van der Waals surface area contributed by atoms with Gasteiger partial charge in [0, 0.05) is 0 Å². The van der Waals surface area contributed by atoms with Gasteiger partial charge >= 0.3 is 0 Å². The maximum atomic E-state index is 2.66. The van der Waals surface area contributed by atoms with Crippen molar-refractivity contribution in [3.63, 3.8) is 0 Å². The standard InChI is InChI=1S/C24H36Si3/c1-25(2,3)19-23(21-15-11-9-12-16-21)27(7,8)24(20-26(4,5)6)22-17-13-10-14-18-22/h9-20H,1-8H3/b23-19+,24-20+. The molecule has 0 spiro atoms. The zero-order valence-corrected chi connectivity index (χ0v) is 21.4. The lowest BCUT2D eigenvalue weighted by Gasteiger charge is -2.33. The van der Waals surface area contributed by atoms with E-state index in [0.717, 1.165) is 0 Å². The second kappa shape index (κ2) is 8.29. The van der Waals surface area contributed by atoms with Crippen molar-refractivity contribution < 1.29 is 0 Å². The van der Waals surface area contributed by atoms with Crippen LogP contribution >= 0.6 is 0 Å². The van der Waals surface area contributed by atoms with Crippen molar-refractivity contribution in [2.24, 2.45) is 0 Å². The lowest BCUT2D eigenvalue weighted by atomic mass is 10.2. The number of rotatable bonds is 6. The first-order chi connectivity index (χ1) is 12.4. The van der Waals surface area contributed by atoms with Crippen LogP contribution in [0.4, 0.5) is 0 Å². The zero-order valence-electron chi connectivity index (χ0n) is 18.4. The van der Waals surface area contributed by atoms with E-state index in [2.05, 4.69) is 124 Å². The van der Waals surface area contributed by atoms with Gasteiger partial charge in [-0.3, -0.25) is 0 Å². The lowest BCUT2D eigenvalue weighted by Crippen LogP contribution is -2.35. The maximum Gasteiger partial charge on any atom is 0.111 e. The van der Waals surface area contributed by atoms with Gasteiger partial charge in [-0.2, -0.15) is 0 Å². The summed E-state index contributed by atoms with van der Waals surface area (Å²) in [5, 5.41) is 3.21. The SMILES string of the molecule is C[Si](C)(C)/C=C(\c1ccccc1)[Si](C)(C)/C(=C/[Si](C)(C)C)c1ccccc1. The second-order valence-electron chi connectivity index (χ2n) is 10.2. The third-order valence-electron chi connectivity index (χ3n) is 4.67. The summed E-state index contributed by atoms with van der Waals surface area (Å²) in [6, 6.07) is 22.2. The van der Waals surface area contributed by atoms with E-state index in [1.54, 1.807) is 10.4 Å². The molecule has 0 amide bonds. The third-order valence-corrected chi connectivity index (χ3v) is 11.1. The molecule has 0 saturated carbocycles. The Morgan fingerprint density at radius 1 is 0.519 bits per heavy atom. The van der Waals surface area contributed by atoms with Crippen LogP contribution in [0.2, 0.25) is 52.4 Å². The molecule has 0 radical (unpaired) electrons. The van der Waals surface area contributed by atoms with Gasteiger partial charge in [-0.25, -0.2) is 0 Å². The number of benzene rings is 2. The first-order valence-corrected chi connectivity index (χ1v) is 20.1. The van der Waals surface area contributed by atoms with E-state index in [4.69, 9.17) is 0 Å². The molecule has 0 aliphatic heterocycles. The molecule has 0 aliphatic rings. The Bertz CT molecular complexity index is 733. The van der Waals surface area contributed by atoms with Crippen LogP contribution in [-0.2, 0) is 0 Å². The molecule has 27 heavy (non-hydrogen) atoms. The van der Waals surface area contributed by atoms with Crippen molar-refractivity contribution in [3.05, 3.63) is 83.2 Å². The molecule has 0 heterocycles. The summed E-state index contributed by atoms with van der Waals surface area (Å²) in [6.45, 7) is 19.8. The average Bonchev–Trinajstić information content (AvgIpc) is 2.57. The van der Waals surface area contributed by atoms with Crippen LogP contribution in [0.3, 0.4) is 0 Å². The van der Waals surface area contributed by atoms with E-state index in [1.165, 1.54) is 11.1 Å². The molecule has 0 bridgehead atoms. The van der Waals surface area contributed by atoms with Gasteiger partial charge in [0.1, 0.15) is 8.07 Å². The summed E-state index contributed by atoms with van der Waals surface area (Å²) in [5.74, 6) is 0. The highest BCUT2D eigenvalue weighted by Gasteiger charge is 2.34. The first kappa shape index (κ1) is 21.9. The lowest BCUT2D eigenvalue weighted by molar-refractivity contribution is 1.59. The molecule has 144 valence electrons. The monoisotopic (exact) mass is 408 g/mol. The average molecular weight is 409 g/mol. The van der Waals surface area contributed by atoms with Crippen LogP contribution in [0.15, 0.2) is 72.1 Å². The van der Waals surface area contributed by atoms with Crippen molar-refractivity contribution in [2.75, 3.05) is 0 Å². The molecule has 2 aromatic carbocycles. The van der Waals surface area contributed by atoms with Crippen LogP contribution in [0.25, 0.3) is 10.4 Å². The van der Waals surface area contributed by atoms with Crippen molar-refractivity contribution >= 4 is 34.6 Å². The van der Waals surface area contributed by atoms with Crippen LogP contribution < -0.4 is 0 Å². The quantitative estimate of drug-likeness (QED) is 0.430. The normalized spacial score (nSPS) is 14.4. The molecule has 0 aliphatic carbocycles. The fraction of sp³-hybridized carbons (Fsp3) is 0.333. The van der Waals surface area contributed by atoms with Gasteiger partial charge in [0.25, 0.3) is 0 Å². The predicted octanol–water partition coefficient (Wildman–Crippen LogP) is 7.70. The topological polar surface area (TPSA) is 0 Å². The summed E-state index contributed by atoms with van der Waals surface area (Å²) in [5.41, 5.74) is 8.15. The summed E-state index contributed by atoms with van der Waals surface area (Å²) in [4.78, 5) is 0. The molecule has 0 atom stereocenters. The smallest absolute Gasteiger partial charge is 0.0947 e. The molecular weight excluding hydrogens is 373 g/mol. The maximum absolute atomic E-state index is 2.66. The highest BCUT2D eigenvalue weighted by atomic mass is 28.3. The molecule has 2 aromatic rings. The van der Waals surface area contributed by atoms with E-state index >= 15 is 0 Å². The fourth-order valence-electron chi connectivity index (χ4n) is 3.50. The summed E-state index contributed by atoms with van der Waals surface area (Å²) < 4.78 is 0. The Balaban J connectivity index is 2.74. The molecule has 0 N–H and O–H groups in total. The molecule has 0 unspecified atom stereocenters. The minimum absolute atomic E-state index is 1.36. The van der Waals surface area contributed by atoms with Gasteiger partial charge in [-0.1, -0.05) is 135 Å². The Morgan fingerprint density at radius 3 is 1.07 bits per heavy atom. The van der Waals surface area contributed by atoms with Gasteiger partial charge in [0.15, 0.2) is 0 Å². The Labute approximate surface area is 170 Å². The fourth-order valence-corrected chi connectivity index (χ4v) is 13.1. The number of hydrogen-bond acceptors (Lipinski definition) is 0. The predicted molar refractivity (Wildman–Crippen MR) is 133 cm³/mol. The van der Waals surface area contributed by atoms with E-state index in [9.17, 15) is 0 Å². The highest BCUT2D eigenvalue weighted by Crippen LogP contribution is 2.38. The Hall–Kier alpha value is -1.43. The third kappa shape index (κ3) is 6.30. The molecule has 0 fully saturated rings. The van der Waals surface area contributed by atoms with Crippen molar-refractivity contribution in [1.29, 1.82) is 0 Å². The van der Waals surface area contributed by atoms with Gasteiger partial charge in [-0.05, 0) is 11.1 Å². The second-order valence-corrected chi connectivity index (χ2v) is 24.6. The molecule has 0 aromatic heterocycles. The van der Waals surface area contributed by atoms with Crippen molar-refractivity contribution in [3.8, 4) is 0 Å². The highest BCUT2D eigenvalue weighted by molar-refractivity contribution is 7.11.